The molecule has 2 aliphatic heterocycles. The summed E-state index contributed by atoms with van der Waals surface area (Å²) in [7, 11) is 0. The van der Waals surface area contributed by atoms with Crippen molar-refractivity contribution in [2.24, 2.45) is 16.6 Å². The zero-order valence-electron chi connectivity index (χ0n) is 21.8. The summed E-state index contributed by atoms with van der Waals surface area (Å²) in [5, 5.41) is 3.22. The van der Waals surface area contributed by atoms with Crippen LogP contribution >= 0.6 is 0 Å². The molecule has 192 valence electrons. The van der Waals surface area contributed by atoms with Crippen LogP contribution in [0.4, 0.5) is 0 Å². The monoisotopic (exact) mass is 490 g/mol. The Morgan fingerprint density at radius 3 is 2.72 bits per heavy atom. The van der Waals surface area contributed by atoms with Crippen molar-refractivity contribution in [3.8, 4) is 5.75 Å². The number of allylic oxidation sites excluding steroid dienone is 1. The first-order valence-corrected chi connectivity index (χ1v) is 13.0. The van der Waals surface area contributed by atoms with Gasteiger partial charge in [-0.1, -0.05) is 57.2 Å². The predicted molar refractivity (Wildman–Crippen MR) is 142 cm³/mol. The summed E-state index contributed by atoms with van der Waals surface area (Å²) in [6, 6.07) is 7.25. The van der Waals surface area contributed by atoms with Gasteiger partial charge in [0.05, 0.1) is 30.7 Å². The molecule has 7 heteroatoms. The molecule has 0 saturated heterocycles. The lowest BCUT2D eigenvalue weighted by Crippen LogP contribution is -2.56. The molecule has 0 fully saturated rings. The summed E-state index contributed by atoms with van der Waals surface area (Å²) in [4.78, 5) is 33.2. The highest BCUT2D eigenvalue weighted by Crippen LogP contribution is 2.36. The lowest BCUT2D eigenvalue weighted by molar-refractivity contribution is -0.130. The van der Waals surface area contributed by atoms with E-state index in [9.17, 15) is 9.59 Å². The summed E-state index contributed by atoms with van der Waals surface area (Å²) >= 11 is 0. The van der Waals surface area contributed by atoms with Crippen molar-refractivity contribution in [2.75, 3.05) is 6.61 Å². The molecule has 3 aliphatic rings. The fourth-order valence-electron chi connectivity index (χ4n) is 5.45. The normalized spacial score (nSPS) is 23.9. The highest BCUT2D eigenvalue weighted by Gasteiger charge is 2.41. The van der Waals surface area contributed by atoms with E-state index in [-0.39, 0.29) is 29.7 Å². The van der Waals surface area contributed by atoms with Gasteiger partial charge in [0.1, 0.15) is 5.75 Å². The Kier molecular flexibility index (Phi) is 7.38. The first-order chi connectivity index (χ1) is 17.2. The maximum Gasteiger partial charge on any atom is 0.247 e. The van der Waals surface area contributed by atoms with Crippen LogP contribution in [0.25, 0.3) is 0 Å². The molecule has 4 rings (SSSR count). The molecule has 0 radical (unpaired) electrons. The molecule has 7 nitrogen and oxygen atoms in total. The zero-order valence-corrected chi connectivity index (χ0v) is 21.8. The summed E-state index contributed by atoms with van der Waals surface area (Å²) in [5.41, 5.74) is 9.27. The standard InChI is InChI=1S/C29H38N4O3/c1-6-29(7-2)17-25(34)33(28(30)32-29)26(18(3)4)20-13-12-19(5)22(16-20)27(35)31-23-14-15-36-24-11-9-8-10-21(23)24/h8-11,13,16,19,23,26H,3,6-7,12,14-15,17H2,1-2,4-5H3,(H2,30,32)(H,31,35)/t19?,23-,26?/m0/s1. The van der Waals surface area contributed by atoms with Gasteiger partial charge in [0.2, 0.25) is 11.8 Å². The summed E-state index contributed by atoms with van der Waals surface area (Å²) in [5.74, 6) is 0.928. The van der Waals surface area contributed by atoms with Gasteiger partial charge in [0.25, 0.3) is 0 Å². The smallest absolute Gasteiger partial charge is 0.247 e. The molecule has 0 saturated carbocycles. The van der Waals surface area contributed by atoms with Gasteiger partial charge in [0, 0.05) is 17.6 Å². The third-order valence-corrected chi connectivity index (χ3v) is 7.79. The number of fused-ring (bicyclic) bond motifs is 1. The lowest BCUT2D eigenvalue weighted by atomic mass is 9.83. The number of hydrogen-bond acceptors (Lipinski definition) is 5. The van der Waals surface area contributed by atoms with Gasteiger partial charge in [-0.15, -0.1) is 0 Å². The third kappa shape index (κ3) is 4.84. The van der Waals surface area contributed by atoms with Crippen LogP contribution in [-0.2, 0) is 9.59 Å². The Bertz CT molecular complexity index is 1140. The second kappa shape index (κ2) is 10.3. The second-order valence-electron chi connectivity index (χ2n) is 10.2. The van der Waals surface area contributed by atoms with Gasteiger partial charge in [0.15, 0.2) is 5.96 Å². The van der Waals surface area contributed by atoms with Crippen molar-refractivity contribution in [1.29, 1.82) is 0 Å². The van der Waals surface area contributed by atoms with Crippen LogP contribution in [0.5, 0.6) is 5.75 Å². The van der Waals surface area contributed by atoms with Crippen molar-refractivity contribution in [2.45, 2.75) is 77.4 Å². The molecule has 1 aromatic carbocycles. The van der Waals surface area contributed by atoms with E-state index >= 15 is 0 Å². The Morgan fingerprint density at radius 2 is 2.06 bits per heavy atom. The number of aliphatic imine (C=N–C) groups is 1. The van der Waals surface area contributed by atoms with Crippen LogP contribution in [0.15, 0.2) is 64.7 Å². The average molecular weight is 491 g/mol. The van der Waals surface area contributed by atoms with E-state index in [1.54, 1.807) is 4.90 Å². The van der Waals surface area contributed by atoms with Crippen LogP contribution in [0, 0.1) is 5.92 Å². The molecule has 36 heavy (non-hydrogen) atoms. The first-order valence-electron chi connectivity index (χ1n) is 13.0. The number of para-hydroxylation sites is 1. The Hall–Kier alpha value is -3.35. The van der Waals surface area contributed by atoms with Crippen LogP contribution < -0.4 is 15.8 Å². The number of guanidine groups is 1. The van der Waals surface area contributed by atoms with Gasteiger partial charge < -0.3 is 15.8 Å². The predicted octanol–water partition coefficient (Wildman–Crippen LogP) is 4.57. The number of nitrogens with zero attached hydrogens (tertiary/aromatic N) is 2. The minimum atomic E-state index is -0.466. The fourth-order valence-corrected chi connectivity index (χ4v) is 5.45. The highest BCUT2D eigenvalue weighted by atomic mass is 16.5. The van der Waals surface area contributed by atoms with E-state index in [2.05, 4.69) is 18.0 Å². The Labute approximate surface area is 214 Å². The number of hydrogen-bond donors (Lipinski definition) is 2. The van der Waals surface area contributed by atoms with Gasteiger partial charge in [-0.2, -0.15) is 0 Å². The number of amides is 2. The fraction of sp³-hybridized carbons (Fsp3) is 0.483. The molecular weight excluding hydrogens is 452 g/mol. The number of carbonyl (C=O) groups is 2. The van der Waals surface area contributed by atoms with Gasteiger partial charge in [-0.3, -0.25) is 14.5 Å². The largest absolute Gasteiger partial charge is 0.493 e. The molecule has 3 atom stereocenters. The molecule has 0 spiro atoms. The number of benzene rings is 1. The molecule has 2 heterocycles. The third-order valence-electron chi connectivity index (χ3n) is 7.79. The highest BCUT2D eigenvalue weighted by molar-refractivity contribution is 6.00. The van der Waals surface area contributed by atoms with E-state index in [0.717, 1.165) is 35.3 Å². The maximum absolute atomic E-state index is 13.5. The lowest BCUT2D eigenvalue weighted by Gasteiger charge is -2.41. The van der Waals surface area contributed by atoms with Gasteiger partial charge in [-0.05, 0) is 49.8 Å². The number of nitrogens with two attached hydrogens (primary N) is 1. The molecule has 2 amide bonds. The molecule has 0 bridgehead atoms. The summed E-state index contributed by atoms with van der Waals surface area (Å²) < 4.78 is 5.75. The molecule has 2 unspecified atom stereocenters. The topological polar surface area (TPSA) is 97.0 Å². The van der Waals surface area contributed by atoms with E-state index in [1.807, 2.05) is 58.0 Å². The molecule has 1 aliphatic carbocycles. The SMILES string of the molecule is C=C(C)C(C1=CCC(C)C(C(=O)N[C@H]2CCOc3ccccc32)=C1)N1C(=O)CC(CC)(CC)N=C1N. The van der Waals surface area contributed by atoms with Crippen molar-refractivity contribution >= 4 is 17.8 Å². The average Bonchev–Trinajstić information content (AvgIpc) is 2.86. The van der Waals surface area contributed by atoms with Crippen molar-refractivity contribution in [1.82, 2.24) is 10.2 Å². The Balaban J connectivity index is 1.61. The number of ether oxygens (including phenoxy) is 1. The quantitative estimate of drug-likeness (QED) is 0.547. The summed E-state index contributed by atoms with van der Waals surface area (Å²) in [6.07, 6.45) is 7.22. The zero-order chi connectivity index (χ0) is 26.0. The van der Waals surface area contributed by atoms with Crippen molar-refractivity contribution in [3.63, 3.8) is 0 Å². The maximum atomic E-state index is 13.5. The van der Waals surface area contributed by atoms with Crippen LogP contribution in [0.3, 0.4) is 0 Å². The van der Waals surface area contributed by atoms with Crippen LogP contribution in [-0.4, -0.2) is 40.9 Å². The van der Waals surface area contributed by atoms with E-state index in [4.69, 9.17) is 15.5 Å². The van der Waals surface area contributed by atoms with Crippen LogP contribution in [0.1, 0.15) is 71.4 Å². The van der Waals surface area contributed by atoms with Gasteiger partial charge in [-0.25, -0.2) is 4.99 Å². The van der Waals surface area contributed by atoms with E-state index in [0.29, 0.717) is 31.4 Å². The first kappa shape index (κ1) is 25.7. The molecular formula is C29H38N4O3. The van der Waals surface area contributed by atoms with Crippen molar-refractivity contribution < 1.29 is 14.3 Å². The minimum Gasteiger partial charge on any atom is -0.493 e. The van der Waals surface area contributed by atoms with Gasteiger partial charge >= 0.3 is 0 Å². The molecule has 0 aromatic heterocycles. The van der Waals surface area contributed by atoms with Crippen molar-refractivity contribution in [3.05, 3.63) is 65.3 Å². The second-order valence-corrected chi connectivity index (χ2v) is 10.2. The number of nitrogens with one attached hydrogen (secondary N) is 1. The number of rotatable bonds is 7. The molecule has 1 aromatic rings. The Morgan fingerprint density at radius 1 is 1.33 bits per heavy atom. The number of carbonyl (C=O) groups excluding carboxylic acids is 2. The summed E-state index contributed by atoms with van der Waals surface area (Å²) in [6.45, 7) is 12.7. The van der Waals surface area contributed by atoms with E-state index in [1.165, 1.54) is 0 Å². The molecule has 3 N–H and O–H groups in total. The minimum absolute atomic E-state index is 0.0468. The van der Waals surface area contributed by atoms with E-state index < -0.39 is 11.6 Å². The van der Waals surface area contributed by atoms with Crippen LogP contribution in [0.2, 0.25) is 0 Å².